The Balaban J connectivity index is 2.03. The van der Waals surface area contributed by atoms with Gasteiger partial charge in [0.1, 0.15) is 0 Å². The number of hydrogen-bond donors (Lipinski definition) is 1. The third-order valence-corrected chi connectivity index (χ3v) is 3.73. The van der Waals surface area contributed by atoms with E-state index in [0.717, 1.165) is 12.0 Å². The lowest BCUT2D eigenvalue weighted by molar-refractivity contribution is -0.121. The van der Waals surface area contributed by atoms with Crippen LogP contribution in [0.2, 0.25) is 0 Å². The zero-order valence-corrected chi connectivity index (χ0v) is 13.7. The van der Waals surface area contributed by atoms with E-state index in [-0.39, 0.29) is 11.9 Å². The van der Waals surface area contributed by atoms with Gasteiger partial charge < -0.3 is 5.32 Å². The van der Waals surface area contributed by atoms with Crippen molar-refractivity contribution in [2.45, 2.75) is 39.7 Å². The molecule has 0 radical (unpaired) electrons. The highest BCUT2D eigenvalue weighted by Crippen LogP contribution is 2.21. The van der Waals surface area contributed by atoms with Crippen LogP contribution in [0.4, 0.5) is 0 Å². The molecule has 1 atom stereocenters. The average molecular weight is 295 g/mol. The van der Waals surface area contributed by atoms with Crippen molar-refractivity contribution in [3.05, 3.63) is 71.3 Å². The van der Waals surface area contributed by atoms with E-state index in [1.165, 1.54) is 11.1 Å². The van der Waals surface area contributed by atoms with E-state index in [4.69, 9.17) is 0 Å². The molecule has 1 N–H and O–H groups in total. The number of rotatable bonds is 6. The highest BCUT2D eigenvalue weighted by atomic mass is 16.1. The minimum Gasteiger partial charge on any atom is -0.349 e. The molecule has 0 fully saturated rings. The van der Waals surface area contributed by atoms with Gasteiger partial charge in [-0.1, -0.05) is 74.0 Å². The number of benzene rings is 2. The van der Waals surface area contributed by atoms with Crippen LogP contribution in [-0.4, -0.2) is 5.91 Å². The van der Waals surface area contributed by atoms with Gasteiger partial charge in [0.05, 0.1) is 12.5 Å². The summed E-state index contributed by atoms with van der Waals surface area (Å²) in [6.45, 7) is 6.42. The van der Waals surface area contributed by atoms with Gasteiger partial charge in [-0.25, -0.2) is 0 Å². The standard InChI is InChI=1S/C20H25NO/c1-15(2)13-19(18-7-5-4-6-8-18)21-20(22)14-17-11-9-16(3)10-12-17/h4-12,15,19H,13-14H2,1-3H3,(H,21,22)/t19-/m0/s1. The molecular formula is C20H25NO. The number of carbonyl (C=O) groups excluding carboxylic acids is 1. The average Bonchev–Trinajstić information content (AvgIpc) is 2.49. The molecule has 0 saturated heterocycles. The molecule has 0 unspecified atom stereocenters. The third kappa shape index (κ3) is 5.03. The van der Waals surface area contributed by atoms with Crippen molar-refractivity contribution >= 4 is 5.91 Å². The number of nitrogens with one attached hydrogen (secondary N) is 1. The normalized spacial score (nSPS) is 12.2. The SMILES string of the molecule is Cc1ccc(CC(=O)N[C@@H](CC(C)C)c2ccccc2)cc1. The Kier molecular flexibility index (Phi) is 5.76. The summed E-state index contributed by atoms with van der Waals surface area (Å²) in [6.07, 6.45) is 1.38. The number of amides is 1. The summed E-state index contributed by atoms with van der Waals surface area (Å²) in [5.41, 5.74) is 3.44. The van der Waals surface area contributed by atoms with Crippen molar-refractivity contribution in [1.82, 2.24) is 5.32 Å². The molecule has 0 aromatic heterocycles. The molecule has 0 heterocycles. The van der Waals surface area contributed by atoms with Crippen molar-refractivity contribution in [1.29, 1.82) is 0 Å². The predicted molar refractivity (Wildman–Crippen MR) is 91.7 cm³/mol. The van der Waals surface area contributed by atoms with Gasteiger partial charge >= 0.3 is 0 Å². The lowest BCUT2D eigenvalue weighted by Gasteiger charge is -2.21. The van der Waals surface area contributed by atoms with Crippen LogP contribution in [0.1, 0.15) is 43.0 Å². The zero-order chi connectivity index (χ0) is 15.9. The zero-order valence-electron chi connectivity index (χ0n) is 13.7. The molecule has 2 nitrogen and oxygen atoms in total. The summed E-state index contributed by atoms with van der Waals surface area (Å²) < 4.78 is 0. The molecule has 2 aromatic rings. The van der Waals surface area contributed by atoms with Crippen LogP contribution in [0.3, 0.4) is 0 Å². The quantitative estimate of drug-likeness (QED) is 0.838. The van der Waals surface area contributed by atoms with E-state index in [2.05, 4.69) is 38.2 Å². The van der Waals surface area contributed by atoms with Gasteiger partial charge in [-0.05, 0) is 30.4 Å². The van der Waals surface area contributed by atoms with Crippen LogP contribution in [0.15, 0.2) is 54.6 Å². The Bertz CT molecular complexity index is 587. The molecule has 0 bridgehead atoms. The first kappa shape index (κ1) is 16.3. The second kappa shape index (κ2) is 7.79. The Labute approximate surface area is 133 Å². The van der Waals surface area contributed by atoms with E-state index in [0.29, 0.717) is 12.3 Å². The molecule has 2 heteroatoms. The number of aryl methyl sites for hydroxylation is 1. The van der Waals surface area contributed by atoms with Crippen molar-refractivity contribution in [2.24, 2.45) is 5.92 Å². The van der Waals surface area contributed by atoms with E-state index in [9.17, 15) is 4.79 Å². The van der Waals surface area contributed by atoms with Gasteiger partial charge in [-0.15, -0.1) is 0 Å². The fraction of sp³-hybridized carbons (Fsp3) is 0.350. The van der Waals surface area contributed by atoms with Crippen LogP contribution >= 0.6 is 0 Å². The highest BCUT2D eigenvalue weighted by Gasteiger charge is 2.16. The lowest BCUT2D eigenvalue weighted by Crippen LogP contribution is -2.30. The smallest absolute Gasteiger partial charge is 0.224 e. The first-order chi connectivity index (χ1) is 10.5. The molecule has 0 aliphatic rings. The third-order valence-electron chi connectivity index (χ3n) is 3.73. The highest BCUT2D eigenvalue weighted by molar-refractivity contribution is 5.79. The van der Waals surface area contributed by atoms with Crippen LogP contribution in [0.5, 0.6) is 0 Å². The fourth-order valence-electron chi connectivity index (χ4n) is 2.57. The Morgan fingerprint density at radius 2 is 1.64 bits per heavy atom. The second-order valence-corrected chi connectivity index (χ2v) is 6.32. The maximum atomic E-state index is 12.4. The molecule has 1 amide bonds. The van der Waals surface area contributed by atoms with Gasteiger partial charge in [0, 0.05) is 0 Å². The molecule has 0 aliphatic carbocycles. The second-order valence-electron chi connectivity index (χ2n) is 6.32. The van der Waals surface area contributed by atoms with Crippen LogP contribution in [0, 0.1) is 12.8 Å². The molecule has 0 spiro atoms. The Hall–Kier alpha value is -2.09. The van der Waals surface area contributed by atoms with Crippen LogP contribution in [0.25, 0.3) is 0 Å². The lowest BCUT2D eigenvalue weighted by atomic mass is 9.96. The van der Waals surface area contributed by atoms with Gasteiger partial charge in [0.25, 0.3) is 0 Å². The first-order valence-corrected chi connectivity index (χ1v) is 7.94. The van der Waals surface area contributed by atoms with Crippen LogP contribution in [-0.2, 0) is 11.2 Å². The Morgan fingerprint density at radius 3 is 2.23 bits per heavy atom. The monoisotopic (exact) mass is 295 g/mol. The van der Waals surface area contributed by atoms with Gasteiger partial charge in [-0.2, -0.15) is 0 Å². The van der Waals surface area contributed by atoms with E-state index >= 15 is 0 Å². The molecule has 0 saturated carbocycles. The van der Waals surface area contributed by atoms with Crippen LogP contribution < -0.4 is 5.32 Å². The maximum Gasteiger partial charge on any atom is 0.224 e. The molecule has 0 aliphatic heterocycles. The summed E-state index contributed by atoms with van der Waals surface area (Å²) in [6, 6.07) is 18.4. The Morgan fingerprint density at radius 1 is 1.00 bits per heavy atom. The first-order valence-electron chi connectivity index (χ1n) is 7.94. The topological polar surface area (TPSA) is 29.1 Å². The van der Waals surface area contributed by atoms with Crippen molar-refractivity contribution in [3.8, 4) is 0 Å². The molecular weight excluding hydrogens is 270 g/mol. The minimum absolute atomic E-state index is 0.0818. The largest absolute Gasteiger partial charge is 0.349 e. The molecule has 2 rings (SSSR count). The summed E-state index contributed by atoms with van der Waals surface area (Å²) >= 11 is 0. The van der Waals surface area contributed by atoms with E-state index in [1.54, 1.807) is 0 Å². The van der Waals surface area contributed by atoms with Gasteiger partial charge in [0.15, 0.2) is 0 Å². The molecule has 116 valence electrons. The fourth-order valence-corrected chi connectivity index (χ4v) is 2.57. The summed E-state index contributed by atoms with van der Waals surface area (Å²) in [5.74, 6) is 0.614. The summed E-state index contributed by atoms with van der Waals surface area (Å²) in [4.78, 5) is 12.4. The molecule has 2 aromatic carbocycles. The predicted octanol–water partition coefficient (Wildman–Crippen LogP) is 4.44. The summed E-state index contributed by atoms with van der Waals surface area (Å²) in [5, 5.41) is 3.19. The minimum atomic E-state index is 0.0818. The van der Waals surface area contributed by atoms with Crippen molar-refractivity contribution in [2.75, 3.05) is 0 Å². The number of carbonyl (C=O) groups is 1. The maximum absolute atomic E-state index is 12.4. The number of hydrogen-bond acceptors (Lipinski definition) is 1. The van der Waals surface area contributed by atoms with Crippen molar-refractivity contribution < 1.29 is 4.79 Å². The summed E-state index contributed by atoms with van der Waals surface area (Å²) in [7, 11) is 0. The van der Waals surface area contributed by atoms with Crippen molar-refractivity contribution in [3.63, 3.8) is 0 Å². The molecule has 22 heavy (non-hydrogen) atoms. The van der Waals surface area contributed by atoms with E-state index in [1.807, 2.05) is 42.5 Å². The van der Waals surface area contributed by atoms with Gasteiger partial charge in [-0.3, -0.25) is 4.79 Å². The van der Waals surface area contributed by atoms with E-state index < -0.39 is 0 Å². The van der Waals surface area contributed by atoms with Gasteiger partial charge in [0.2, 0.25) is 5.91 Å².